The lowest BCUT2D eigenvalue weighted by atomic mass is 9.83. The minimum atomic E-state index is -1.14. The fourth-order valence-electron chi connectivity index (χ4n) is 3.70. The Kier molecular flexibility index (Phi) is 8.43. The van der Waals surface area contributed by atoms with Crippen LogP contribution in [0.3, 0.4) is 0 Å². The Morgan fingerprint density at radius 1 is 0.971 bits per heavy atom. The Balaban J connectivity index is 1.78. The van der Waals surface area contributed by atoms with Gasteiger partial charge in [0.05, 0.1) is 11.6 Å². The number of hydrogen-bond acceptors (Lipinski definition) is 5. The SMILES string of the molecule is CC(C)C(C=Cc1ccccc1C(C)(C)C)C(=O)OC(C#N)c1cccc(Oc2ccccc2)n1. The van der Waals surface area contributed by atoms with Crippen molar-refractivity contribution < 1.29 is 14.3 Å². The van der Waals surface area contributed by atoms with E-state index in [1.165, 1.54) is 5.56 Å². The molecule has 3 aromatic rings. The molecule has 0 bridgehead atoms. The van der Waals surface area contributed by atoms with E-state index in [2.05, 4.69) is 37.9 Å². The van der Waals surface area contributed by atoms with Gasteiger partial charge in [0.25, 0.3) is 0 Å². The smallest absolute Gasteiger partial charge is 0.314 e. The molecule has 0 spiro atoms. The van der Waals surface area contributed by atoms with Crippen molar-refractivity contribution in [1.29, 1.82) is 5.26 Å². The summed E-state index contributed by atoms with van der Waals surface area (Å²) in [4.78, 5) is 17.5. The first kappa shape index (κ1) is 25.7. The first-order valence-corrected chi connectivity index (χ1v) is 11.8. The molecule has 0 aliphatic rings. The van der Waals surface area contributed by atoms with Crippen LogP contribution in [0.4, 0.5) is 0 Å². The van der Waals surface area contributed by atoms with Crippen LogP contribution in [-0.2, 0) is 14.9 Å². The lowest BCUT2D eigenvalue weighted by Gasteiger charge is -2.22. The number of para-hydroxylation sites is 1. The maximum absolute atomic E-state index is 13.1. The van der Waals surface area contributed by atoms with Crippen molar-refractivity contribution in [3.63, 3.8) is 0 Å². The van der Waals surface area contributed by atoms with E-state index in [1.54, 1.807) is 18.2 Å². The third kappa shape index (κ3) is 7.04. The number of pyridine rings is 1. The van der Waals surface area contributed by atoms with Crippen molar-refractivity contribution >= 4 is 12.0 Å². The van der Waals surface area contributed by atoms with Gasteiger partial charge in [-0.05, 0) is 40.7 Å². The van der Waals surface area contributed by atoms with Crippen LogP contribution < -0.4 is 4.74 Å². The fraction of sp³-hybridized carbons (Fsp3) is 0.300. The monoisotopic (exact) mass is 468 g/mol. The number of carbonyl (C=O) groups is 1. The van der Waals surface area contributed by atoms with Gasteiger partial charge in [-0.25, -0.2) is 4.98 Å². The Morgan fingerprint density at radius 3 is 2.31 bits per heavy atom. The molecule has 5 nitrogen and oxygen atoms in total. The number of nitriles is 1. The lowest BCUT2D eigenvalue weighted by Crippen LogP contribution is -2.23. The van der Waals surface area contributed by atoms with Crippen molar-refractivity contribution in [3.8, 4) is 17.7 Å². The minimum Gasteiger partial charge on any atom is -0.440 e. The Hall–Kier alpha value is -3.91. The first-order chi connectivity index (χ1) is 16.7. The largest absolute Gasteiger partial charge is 0.440 e. The third-order valence-electron chi connectivity index (χ3n) is 5.57. The van der Waals surface area contributed by atoms with Gasteiger partial charge >= 0.3 is 5.97 Å². The molecule has 0 amide bonds. The van der Waals surface area contributed by atoms with E-state index in [9.17, 15) is 10.1 Å². The second kappa shape index (κ2) is 11.5. The number of aromatic nitrogens is 1. The molecule has 1 aromatic heterocycles. The van der Waals surface area contributed by atoms with Crippen LogP contribution in [0.2, 0.25) is 0 Å². The summed E-state index contributed by atoms with van der Waals surface area (Å²) in [6.45, 7) is 10.4. The van der Waals surface area contributed by atoms with Crippen LogP contribution in [0.5, 0.6) is 11.6 Å². The molecule has 1 heterocycles. The van der Waals surface area contributed by atoms with Gasteiger partial charge in [-0.2, -0.15) is 5.26 Å². The quantitative estimate of drug-likeness (QED) is 0.325. The molecule has 5 heteroatoms. The number of carbonyl (C=O) groups excluding carboxylic acids is 1. The first-order valence-electron chi connectivity index (χ1n) is 11.8. The number of ether oxygens (including phenoxy) is 2. The third-order valence-corrected chi connectivity index (χ3v) is 5.57. The predicted octanol–water partition coefficient (Wildman–Crippen LogP) is 7.26. The van der Waals surface area contributed by atoms with E-state index >= 15 is 0 Å². The summed E-state index contributed by atoms with van der Waals surface area (Å²) in [5.41, 5.74) is 2.54. The van der Waals surface area contributed by atoms with Crippen LogP contribution in [0.25, 0.3) is 6.08 Å². The van der Waals surface area contributed by atoms with Gasteiger partial charge in [-0.1, -0.05) is 95.3 Å². The fourth-order valence-corrected chi connectivity index (χ4v) is 3.70. The molecule has 2 unspecified atom stereocenters. The molecule has 35 heavy (non-hydrogen) atoms. The van der Waals surface area contributed by atoms with Crippen molar-refractivity contribution in [1.82, 2.24) is 4.98 Å². The van der Waals surface area contributed by atoms with Gasteiger partial charge in [0.15, 0.2) is 0 Å². The number of esters is 1. The van der Waals surface area contributed by atoms with E-state index in [1.807, 2.05) is 74.5 Å². The van der Waals surface area contributed by atoms with Crippen LogP contribution in [0, 0.1) is 23.2 Å². The number of rotatable bonds is 8. The van der Waals surface area contributed by atoms with Gasteiger partial charge in [-0.15, -0.1) is 0 Å². The summed E-state index contributed by atoms with van der Waals surface area (Å²) in [6, 6.07) is 24.5. The van der Waals surface area contributed by atoms with Gasteiger partial charge in [0, 0.05) is 6.07 Å². The average molecular weight is 469 g/mol. The van der Waals surface area contributed by atoms with E-state index < -0.39 is 18.0 Å². The molecule has 180 valence electrons. The molecule has 0 saturated heterocycles. The van der Waals surface area contributed by atoms with Crippen molar-refractivity contribution in [2.75, 3.05) is 0 Å². The molecular weight excluding hydrogens is 436 g/mol. The molecule has 3 rings (SSSR count). The van der Waals surface area contributed by atoms with Crippen LogP contribution in [0.15, 0.2) is 78.9 Å². The molecule has 0 N–H and O–H groups in total. The van der Waals surface area contributed by atoms with Crippen molar-refractivity contribution in [2.45, 2.75) is 46.1 Å². The maximum atomic E-state index is 13.1. The van der Waals surface area contributed by atoms with Gasteiger partial charge in [0.2, 0.25) is 12.0 Å². The van der Waals surface area contributed by atoms with E-state index in [-0.39, 0.29) is 11.3 Å². The normalized spacial score (nSPS) is 13.3. The average Bonchev–Trinajstić information content (AvgIpc) is 2.83. The molecule has 0 fully saturated rings. The van der Waals surface area contributed by atoms with Crippen LogP contribution in [0.1, 0.15) is 57.5 Å². The molecule has 0 saturated carbocycles. The van der Waals surface area contributed by atoms with Gasteiger partial charge in [-0.3, -0.25) is 4.79 Å². The predicted molar refractivity (Wildman–Crippen MR) is 138 cm³/mol. The Morgan fingerprint density at radius 2 is 1.66 bits per heavy atom. The Bertz CT molecular complexity index is 1200. The summed E-state index contributed by atoms with van der Waals surface area (Å²) < 4.78 is 11.4. The molecule has 0 radical (unpaired) electrons. The second-order valence-corrected chi connectivity index (χ2v) is 9.73. The number of hydrogen-bond donors (Lipinski definition) is 0. The number of benzene rings is 2. The summed E-state index contributed by atoms with van der Waals surface area (Å²) in [7, 11) is 0. The van der Waals surface area contributed by atoms with E-state index in [0.29, 0.717) is 17.3 Å². The van der Waals surface area contributed by atoms with Crippen LogP contribution in [-0.4, -0.2) is 11.0 Å². The highest BCUT2D eigenvalue weighted by Gasteiger charge is 2.26. The zero-order chi connectivity index (χ0) is 25.4. The minimum absolute atomic E-state index is 0.0133. The molecule has 0 aliphatic heterocycles. The Labute approximate surface area is 208 Å². The second-order valence-electron chi connectivity index (χ2n) is 9.73. The summed E-state index contributed by atoms with van der Waals surface area (Å²) in [6.07, 6.45) is 2.70. The summed E-state index contributed by atoms with van der Waals surface area (Å²) >= 11 is 0. The maximum Gasteiger partial charge on any atom is 0.314 e. The molecular formula is C30H32N2O3. The van der Waals surface area contributed by atoms with Crippen molar-refractivity contribution in [3.05, 3.63) is 95.7 Å². The van der Waals surface area contributed by atoms with Crippen molar-refractivity contribution in [2.24, 2.45) is 11.8 Å². The molecule has 2 atom stereocenters. The zero-order valence-electron chi connectivity index (χ0n) is 20.9. The lowest BCUT2D eigenvalue weighted by molar-refractivity contribution is -0.151. The van der Waals surface area contributed by atoms with E-state index in [0.717, 1.165) is 5.56 Å². The zero-order valence-corrected chi connectivity index (χ0v) is 20.9. The van der Waals surface area contributed by atoms with Gasteiger partial charge < -0.3 is 9.47 Å². The standard InChI is InChI=1S/C30H32N2O3/c1-21(2)24(19-18-22-12-9-10-15-25(22)30(3,4)5)29(33)35-27(20-31)26-16-11-17-28(32-26)34-23-13-7-6-8-14-23/h6-19,21,24,27H,1-5H3. The molecule has 2 aromatic carbocycles. The van der Waals surface area contributed by atoms with E-state index in [4.69, 9.17) is 9.47 Å². The summed E-state index contributed by atoms with van der Waals surface area (Å²) in [5.74, 6) is -0.0391. The van der Waals surface area contributed by atoms with Gasteiger partial charge in [0.1, 0.15) is 11.8 Å². The topological polar surface area (TPSA) is 72.2 Å². The number of nitrogens with zero attached hydrogens (tertiary/aromatic N) is 2. The highest BCUT2D eigenvalue weighted by Crippen LogP contribution is 2.28. The van der Waals surface area contributed by atoms with Crippen LogP contribution >= 0.6 is 0 Å². The highest BCUT2D eigenvalue weighted by molar-refractivity contribution is 5.77. The summed E-state index contributed by atoms with van der Waals surface area (Å²) in [5, 5.41) is 9.74. The molecule has 0 aliphatic carbocycles. The highest BCUT2D eigenvalue weighted by atomic mass is 16.5.